The lowest BCUT2D eigenvalue weighted by atomic mass is 9.94. The number of oxime groups is 1. The first-order valence-electron chi connectivity index (χ1n) is 8.71. The van der Waals surface area contributed by atoms with Gasteiger partial charge in [-0.1, -0.05) is 59.2 Å². The quantitative estimate of drug-likeness (QED) is 0.265. The molecule has 0 radical (unpaired) electrons. The van der Waals surface area contributed by atoms with E-state index in [9.17, 15) is 9.59 Å². The van der Waals surface area contributed by atoms with Gasteiger partial charge in [0.15, 0.2) is 5.78 Å². The number of benzene rings is 2. The lowest BCUT2D eigenvalue weighted by Gasteiger charge is -2.13. The van der Waals surface area contributed by atoms with E-state index < -0.39 is 11.9 Å². The summed E-state index contributed by atoms with van der Waals surface area (Å²) in [5.74, 6) is -1.63. The maximum Gasteiger partial charge on any atom is 0.316 e. The fourth-order valence-electron chi connectivity index (χ4n) is 2.48. The van der Waals surface area contributed by atoms with E-state index in [1.165, 1.54) is 6.21 Å². The van der Waals surface area contributed by atoms with Gasteiger partial charge in [0.2, 0.25) is 0 Å². The third kappa shape index (κ3) is 7.23. The topological polar surface area (TPSA) is 65.0 Å². The average molecular weight is 388 g/mol. The molecular formula is C21H22ClNO4. The molecule has 2 rings (SSSR count). The van der Waals surface area contributed by atoms with Crippen LogP contribution in [0.5, 0.6) is 0 Å². The molecule has 142 valence electrons. The summed E-state index contributed by atoms with van der Waals surface area (Å²) in [5, 5.41) is 4.41. The van der Waals surface area contributed by atoms with Crippen molar-refractivity contribution >= 4 is 29.6 Å². The van der Waals surface area contributed by atoms with Crippen molar-refractivity contribution in [2.24, 2.45) is 11.1 Å². The van der Waals surface area contributed by atoms with E-state index in [2.05, 4.69) is 5.16 Å². The maximum atomic E-state index is 12.5. The summed E-state index contributed by atoms with van der Waals surface area (Å²) >= 11 is 5.90. The fraction of sp³-hybridized carbons (Fsp3) is 0.286. The van der Waals surface area contributed by atoms with Gasteiger partial charge in [-0.2, -0.15) is 0 Å². The number of hydrogen-bond acceptors (Lipinski definition) is 5. The molecule has 1 atom stereocenters. The first-order chi connectivity index (χ1) is 13.1. The molecule has 0 saturated carbocycles. The third-order valence-electron chi connectivity index (χ3n) is 3.80. The van der Waals surface area contributed by atoms with E-state index in [1.807, 2.05) is 42.5 Å². The van der Waals surface area contributed by atoms with Gasteiger partial charge in [0.25, 0.3) is 0 Å². The number of ketones is 1. The van der Waals surface area contributed by atoms with E-state index in [-0.39, 0.29) is 25.4 Å². The Labute approximate surface area is 163 Å². The second-order valence-corrected chi connectivity index (χ2v) is 6.29. The molecule has 0 heterocycles. The molecule has 6 heteroatoms. The van der Waals surface area contributed by atoms with Gasteiger partial charge in [-0.15, -0.1) is 0 Å². The van der Waals surface area contributed by atoms with Crippen molar-refractivity contribution < 1.29 is 19.2 Å². The molecule has 0 fully saturated rings. The molecule has 0 N–H and O–H groups in total. The van der Waals surface area contributed by atoms with Gasteiger partial charge in [0, 0.05) is 11.4 Å². The normalized spacial score (nSPS) is 11.9. The average Bonchev–Trinajstić information content (AvgIpc) is 2.66. The van der Waals surface area contributed by atoms with Crippen LogP contribution >= 0.6 is 11.6 Å². The molecule has 0 amide bonds. The SMILES string of the molecule is CCOC(=O)C(Cc1ccccc1)C(=O)C/C=N/OCc1cccc(Cl)c1. The highest BCUT2D eigenvalue weighted by Gasteiger charge is 2.27. The van der Waals surface area contributed by atoms with E-state index in [0.717, 1.165) is 11.1 Å². The minimum absolute atomic E-state index is 0.00808. The van der Waals surface area contributed by atoms with Gasteiger partial charge in [0.05, 0.1) is 12.8 Å². The van der Waals surface area contributed by atoms with Gasteiger partial charge in [0.1, 0.15) is 12.5 Å². The van der Waals surface area contributed by atoms with Gasteiger partial charge in [-0.25, -0.2) is 0 Å². The molecule has 0 saturated heterocycles. The lowest BCUT2D eigenvalue weighted by molar-refractivity contribution is -0.151. The Morgan fingerprint density at radius 3 is 2.56 bits per heavy atom. The van der Waals surface area contributed by atoms with E-state index in [1.54, 1.807) is 19.1 Å². The van der Waals surface area contributed by atoms with Crippen molar-refractivity contribution in [3.8, 4) is 0 Å². The van der Waals surface area contributed by atoms with Crippen molar-refractivity contribution in [3.05, 3.63) is 70.7 Å². The molecule has 2 aromatic rings. The first-order valence-corrected chi connectivity index (χ1v) is 9.09. The monoisotopic (exact) mass is 387 g/mol. The Hall–Kier alpha value is -2.66. The largest absolute Gasteiger partial charge is 0.465 e. The van der Waals surface area contributed by atoms with Crippen molar-refractivity contribution in [3.63, 3.8) is 0 Å². The maximum absolute atomic E-state index is 12.5. The molecular weight excluding hydrogens is 366 g/mol. The molecule has 27 heavy (non-hydrogen) atoms. The predicted molar refractivity (Wildman–Crippen MR) is 105 cm³/mol. The number of ether oxygens (including phenoxy) is 1. The van der Waals surface area contributed by atoms with Gasteiger partial charge >= 0.3 is 5.97 Å². The molecule has 0 bridgehead atoms. The Morgan fingerprint density at radius 1 is 1.11 bits per heavy atom. The van der Waals surface area contributed by atoms with Gasteiger partial charge < -0.3 is 9.57 Å². The number of carbonyl (C=O) groups is 2. The van der Waals surface area contributed by atoms with E-state index in [0.29, 0.717) is 11.4 Å². The summed E-state index contributed by atoms with van der Waals surface area (Å²) in [4.78, 5) is 29.8. The first kappa shape index (κ1) is 20.6. The molecule has 5 nitrogen and oxygen atoms in total. The van der Waals surface area contributed by atoms with Crippen molar-refractivity contribution in [2.75, 3.05) is 6.61 Å². The van der Waals surface area contributed by atoms with Gasteiger partial charge in [-0.3, -0.25) is 9.59 Å². The summed E-state index contributed by atoms with van der Waals surface area (Å²) in [7, 11) is 0. The number of carbonyl (C=O) groups excluding carboxylic acids is 2. The number of esters is 1. The fourth-order valence-corrected chi connectivity index (χ4v) is 2.69. The summed E-state index contributed by atoms with van der Waals surface area (Å²) in [6, 6.07) is 16.6. The number of halogens is 1. The Kier molecular flexibility index (Phi) is 8.52. The number of Topliss-reactive ketones (excluding diaryl/α,β-unsaturated/α-hetero) is 1. The third-order valence-corrected chi connectivity index (χ3v) is 4.04. The number of hydrogen-bond donors (Lipinski definition) is 0. The molecule has 0 aliphatic carbocycles. The highest BCUT2D eigenvalue weighted by molar-refractivity contribution is 6.30. The van der Waals surface area contributed by atoms with Crippen molar-refractivity contribution in [1.29, 1.82) is 0 Å². The van der Waals surface area contributed by atoms with E-state index in [4.69, 9.17) is 21.2 Å². The molecule has 0 spiro atoms. The zero-order chi connectivity index (χ0) is 19.5. The highest BCUT2D eigenvalue weighted by Crippen LogP contribution is 2.14. The van der Waals surface area contributed by atoms with Crippen molar-refractivity contribution in [2.45, 2.75) is 26.4 Å². The Bertz CT molecular complexity index is 777. The van der Waals surface area contributed by atoms with Crippen LogP contribution in [-0.4, -0.2) is 24.6 Å². The van der Waals surface area contributed by atoms with Crippen LogP contribution in [0.1, 0.15) is 24.5 Å². The van der Waals surface area contributed by atoms with Crippen LogP contribution in [0.4, 0.5) is 0 Å². The summed E-state index contributed by atoms with van der Waals surface area (Å²) in [5.41, 5.74) is 1.78. The minimum atomic E-state index is -0.855. The summed E-state index contributed by atoms with van der Waals surface area (Å²) in [6.45, 7) is 2.19. The van der Waals surface area contributed by atoms with Crippen molar-refractivity contribution in [1.82, 2.24) is 0 Å². The minimum Gasteiger partial charge on any atom is -0.465 e. The lowest BCUT2D eigenvalue weighted by Crippen LogP contribution is -2.28. The highest BCUT2D eigenvalue weighted by atomic mass is 35.5. The Balaban J connectivity index is 1.89. The number of rotatable bonds is 10. The number of nitrogens with zero attached hydrogens (tertiary/aromatic N) is 1. The van der Waals surface area contributed by atoms with Crippen LogP contribution in [0, 0.1) is 5.92 Å². The predicted octanol–water partition coefficient (Wildman–Crippen LogP) is 4.22. The Morgan fingerprint density at radius 2 is 1.85 bits per heavy atom. The van der Waals surface area contributed by atoms with Crippen LogP contribution in [0.3, 0.4) is 0 Å². The molecule has 0 aliphatic rings. The smallest absolute Gasteiger partial charge is 0.316 e. The van der Waals surface area contributed by atoms with Crippen LogP contribution in [0.25, 0.3) is 0 Å². The standard InChI is InChI=1S/C21H22ClNO4/c1-2-26-21(25)19(14-16-7-4-3-5-8-16)20(24)11-12-23-27-15-17-9-6-10-18(22)13-17/h3-10,12-13,19H,2,11,14-15H2,1H3/b23-12+. The molecule has 2 aromatic carbocycles. The molecule has 0 aromatic heterocycles. The molecule has 0 aliphatic heterocycles. The zero-order valence-corrected chi connectivity index (χ0v) is 15.9. The van der Waals surface area contributed by atoms with Crippen LogP contribution in [-0.2, 0) is 32.2 Å². The zero-order valence-electron chi connectivity index (χ0n) is 15.1. The molecule has 1 unspecified atom stereocenters. The second kappa shape index (κ2) is 11.1. The van der Waals surface area contributed by atoms with Crippen LogP contribution in [0.15, 0.2) is 59.8 Å². The van der Waals surface area contributed by atoms with Crippen LogP contribution < -0.4 is 0 Å². The van der Waals surface area contributed by atoms with E-state index >= 15 is 0 Å². The van der Waals surface area contributed by atoms with Gasteiger partial charge in [-0.05, 0) is 36.6 Å². The summed E-state index contributed by atoms with van der Waals surface area (Å²) in [6.07, 6.45) is 1.66. The second-order valence-electron chi connectivity index (χ2n) is 5.86. The summed E-state index contributed by atoms with van der Waals surface area (Å²) < 4.78 is 5.05. The van der Waals surface area contributed by atoms with Crippen LogP contribution in [0.2, 0.25) is 5.02 Å².